The lowest BCUT2D eigenvalue weighted by Crippen LogP contribution is -2.42. The van der Waals surface area contributed by atoms with Crippen molar-refractivity contribution in [2.45, 2.75) is 45.3 Å². The number of hydrogen-bond acceptors (Lipinski definition) is 3. The highest BCUT2D eigenvalue weighted by Gasteiger charge is 2.28. The topological polar surface area (TPSA) is 58.6 Å². The first kappa shape index (κ1) is 16.5. The Labute approximate surface area is 121 Å². The quantitative estimate of drug-likeness (QED) is 0.832. The van der Waals surface area contributed by atoms with Gasteiger partial charge in [0.2, 0.25) is 0 Å². The van der Waals surface area contributed by atoms with Crippen molar-refractivity contribution in [3.05, 3.63) is 36.5 Å². The summed E-state index contributed by atoms with van der Waals surface area (Å²) in [6, 6.07) is -0.141. The first-order valence-electron chi connectivity index (χ1n) is 6.91. The molecule has 4 heteroatoms. The van der Waals surface area contributed by atoms with Crippen molar-refractivity contribution in [1.82, 2.24) is 5.32 Å². The van der Waals surface area contributed by atoms with E-state index in [2.05, 4.69) is 18.5 Å². The molecule has 0 fully saturated rings. The van der Waals surface area contributed by atoms with Crippen molar-refractivity contribution < 1.29 is 14.6 Å². The second-order valence-electron chi connectivity index (χ2n) is 5.97. The molecular formula is C16H25NO3. The largest absolute Gasteiger partial charge is 0.444 e. The fourth-order valence-electron chi connectivity index (χ4n) is 2.45. The fourth-order valence-corrected chi connectivity index (χ4v) is 2.45. The molecule has 112 valence electrons. The Morgan fingerprint density at radius 3 is 2.40 bits per heavy atom. The van der Waals surface area contributed by atoms with E-state index in [4.69, 9.17) is 4.74 Å². The molecule has 0 saturated heterocycles. The van der Waals surface area contributed by atoms with Gasteiger partial charge >= 0.3 is 6.09 Å². The lowest BCUT2D eigenvalue weighted by Gasteiger charge is -2.32. The monoisotopic (exact) mass is 279 g/mol. The highest BCUT2D eigenvalue weighted by atomic mass is 16.6. The maximum Gasteiger partial charge on any atom is 0.408 e. The van der Waals surface area contributed by atoms with E-state index in [0.29, 0.717) is 0 Å². The summed E-state index contributed by atoms with van der Waals surface area (Å²) in [5, 5.41) is 12.3. The molecule has 0 spiro atoms. The minimum Gasteiger partial charge on any atom is -0.444 e. The number of ether oxygens (including phenoxy) is 1. The number of aliphatic hydroxyl groups is 1. The number of nitrogens with one attached hydrogen (secondary N) is 1. The number of aliphatic hydroxyl groups excluding tert-OH is 1. The molecule has 1 rings (SSSR count). The van der Waals surface area contributed by atoms with Gasteiger partial charge in [-0.3, -0.25) is 0 Å². The summed E-state index contributed by atoms with van der Waals surface area (Å²) in [5.74, 6) is 0.0668. The molecule has 0 aromatic rings. The van der Waals surface area contributed by atoms with Gasteiger partial charge in [-0.25, -0.2) is 4.79 Å². The van der Waals surface area contributed by atoms with Gasteiger partial charge in [0, 0.05) is 12.5 Å². The zero-order chi connectivity index (χ0) is 15.3. The Morgan fingerprint density at radius 2 is 1.95 bits per heavy atom. The van der Waals surface area contributed by atoms with Crippen molar-refractivity contribution in [2.75, 3.05) is 6.61 Å². The smallest absolute Gasteiger partial charge is 0.408 e. The van der Waals surface area contributed by atoms with Crippen molar-refractivity contribution in [3.63, 3.8) is 0 Å². The van der Waals surface area contributed by atoms with Crippen LogP contribution in [-0.4, -0.2) is 29.4 Å². The molecule has 0 aliphatic heterocycles. The van der Waals surface area contributed by atoms with Crippen LogP contribution in [0, 0.1) is 5.92 Å². The molecule has 0 aromatic heterocycles. The van der Waals surface area contributed by atoms with Crippen molar-refractivity contribution in [1.29, 1.82) is 0 Å². The SMILES string of the molecule is C=CC1=C(C=C)C(NC(=O)OC(C)(C)C)CCC1CO. The van der Waals surface area contributed by atoms with E-state index in [9.17, 15) is 9.90 Å². The van der Waals surface area contributed by atoms with Crippen LogP contribution in [0.3, 0.4) is 0 Å². The molecule has 2 atom stereocenters. The Kier molecular flexibility index (Phi) is 5.57. The molecule has 20 heavy (non-hydrogen) atoms. The van der Waals surface area contributed by atoms with E-state index < -0.39 is 11.7 Å². The molecule has 2 unspecified atom stereocenters. The zero-order valence-electron chi connectivity index (χ0n) is 12.6. The maximum atomic E-state index is 11.9. The van der Waals surface area contributed by atoms with E-state index in [-0.39, 0.29) is 18.6 Å². The van der Waals surface area contributed by atoms with Gasteiger partial charge in [-0.2, -0.15) is 0 Å². The van der Waals surface area contributed by atoms with Crippen LogP contribution in [0.1, 0.15) is 33.6 Å². The molecule has 2 N–H and O–H groups in total. The van der Waals surface area contributed by atoms with Crippen LogP contribution < -0.4 is 5.32 Å². The van der Waals surface area contributed by atoms with Gasteiger partial charge in [0.25, 0.3) is 0 Å². The Bertz CT molecular complexity index is 418. The first-order chi connectivity index (χ1) is 9.32. The van der Waals surface area contributed by atoms with Gasteiger partial charge in [-0.1, -0.05) is 25.3 Å². The summed E-state index contributed by atoms with van der Waals surface area (Å²) < 4.78 is 5.27. The van der Waals surface area contributed by atoms with E-state index in [0.717, 1.165) is 24.0 Å². The third-order valence-electron chi connectivity index (χ3n) is 3.30. The standard InChI is InChI=1S/C16H25NO3/c1-6-12-11(10-18)8-9-14(13(12)7-2)17-15(19)20-16(3,4)5/h6-7,11,14,18H,1-2,8-10H2,3-5H3,(H,17,19). The van der Waals surface area contributed by atoms with Crippen LogP contribution in [0.5, 0.6) is 0 Å². The molecule has 0 bridgehead atoms. The molecule has 1 amide bonds. The first-order valence-corrected chi connectivity index (χ1v) is 6.91. The fraction of sp³-hybridized carbons (Fsp3) is 0.562. The number of carbonyl (C=O) groups excluding carboxylic acids is 1. The van der Waals surface area contributed by atoms with Crippen LogP contribution in [0.15, 0.2) is 36.5 Å². The Balaban J connectivity index is 2.88. The molecular weight excluding hydrogens is 254 g/mol. The Morgan fingerprint density at radius 1 is 1.35 bits per heavy atom. The van der Waals surface area contributed by atoms with Gasteiger partial charge in [0.15, 0.2) is 0 Å². The van der Waals surface area contributed by atoms with Crippen molar-refractivity contribution in [2.24, 2.45) is 5.92 Å². The minimum atomic E-state index is -0.522. The molecule has 0 radical (unpaired) electrons. The van der Waals surface area contributed by atoms with E-state index in [1.165, 1.54) is 0 Å². The summed E-state index contributed by atoms with van der Waals surface area (Å²) in [6.45, 7) is 13.2. The number of alkyl carbamates (subject to hydrolysis) is 1. The molecule has 1 aliphatic carbocycles. The number of carbonyl (C=O) groups is 1. The summed E-state index contributed by atoms with van der Waals surface area (Å²) in [5.41, 5.74) is 1.34. The summed E-state index contributed by atoms with van der Waals surface area (Å²) in [7, 11) is 0. The summed E-state index contributed by atoms with van der Waals surface area (Å²) in [6.07, 6.45) is 4.58. The second kappa shape index (κ2) is 6.75. The molecule has 0 aromatic carbocycles. The van der Waals surface area contributed by atoms with Crippen LogP contribution in [0.2, 0.25) is 0 Å². The second-order valence-corrected chi connectivity index (χ2v) is 5.97. The minimum absolute atomic E-state index is 0.0668. The van der Waals surface area contributed by atoms with Crippen molar-refractivity contribution in [3.8, 4) is 0 Å². The van der Waals surface area contributed by atoms with Gasteiger partial charge in [0.1, 0.15) is 5.60 Å². The predicted octanol–water partition coefficient (Wildman–Crippen LogP) is 2.95. The number of hydrogen-bond donors (Lipinski definition) is 2. The highest BCUT2D eigenvalue weighted by Crippen LogP contribution is 2.31. The highest BCUT2D eigenvalue weighted by molar-refractivity contribution is 5.69. The average Bonchev–Trinajstić information content (AvgIpc) is 2.35. The third-order valence-corrected chi connectivity index (χ3v) is 3.30. The molecule has 0 heterocycles. The van der Waals surface area contributed by atoms with Crippen LogP contribution in [-0.2, 0) is 4.74 Å². The lowest BCUT2D eigenvalue weighted by atomic mass is 9.80. The van der Waals surface area contributed by atoms with E-state index in [1.54, 1.807) is 12.2 Å². The van der Waals surface area contributed by atoms with Crippen molar-refractivity contribution >= 4 is 6.09 Å². The van der Waals surface area contributed by atoms with E-state index in [1.807, 2.05) is 20.8 Å². The van der Waals surface area contributed by atoms with Gasteiger partial charge in [-0.05, 0) is 44.8 Å². The van der Waals surface area contributed by atoms with Gasteiger partial charge < -0.3 is 15.2 Å². The Hall–Kier alpha value is -1.55. The van der Waals surface area contributed by atoms with Crippen LogP contribution >= 0.6 is 0 Å². The number of rotatable bonds is 4. The zero-order valence-corrected chi connectivity index (χ0v) is 12.6. The third kappa shape index (κ3) is 4.23. The van der Waals surface area contributed by atoms with Gasteiger partial charge in [0.05, 0.1) is 6.04 Å². The lowest BCUT2D eigenvalue weighted by molar-refractivity contribution is 0.0506. The molecule has 4 nitrogen and oxygen atoms in total. The predicted molar refractivity (Wildman–Crippen MR) is 80.4 cm³/mol. The molecule has 1 aliphatic rings. The van der Waals surface area contributed by atoms with Crippen LogP contribution in [0.25, 0.3) is 0 Å². The van der Waals surface area contributed by atoms with E-state index >= 15 is 0 Å². The number of amides is 1. The maximum absolute atomic E-state index is 11.9. The van der Waals surface area contributed by atoms with Crippen LogP contribution in [0.4, 0.5) is 4.79 Å². The average molecular weight is 279 g/mol. The normalized spacial score (nSPS) is 23.2. The molecule has 0 saturated carbocycles. The summed E-state index contributed by atoms with van der Waals surface area (Å²) in [4.78, 5) is 11.9. The van der Waals surface area contributed by atoms with Gasteiger partial charge in [-0.15, -0.1) is 0 Å². The summed E-state index contributed by atoms with van der Waals surface area (Å²) >= 11 is 0. The number of allylic oxidation sites excluding steroid dienone is 1.